The monoisotopic (exact) mass is 282 g/mol. The molecule has 0 saturated heterocycles. The molecule has 0 aromatic heterocycles. The van der Waals surface area contributed by atoms with Crippen LogP contribution in [-0.4, -0.2) is 24.7 Å². The Labute approximate surface area is 121 Å². The van der Waals surface area contributed by atoms with Crippen molar-refractivity contribution in [2.24, 2.45) is 0 Å². The molecule has 1 aromatic carbocycles. The van der Waals surface area contributed by atoms with Crippen LogP contribution in [0.25, 0.3) is 0 Å². The van der Waals surface area contributed by atoms with Gasteiger partial charge in [-0.2, -0.15) is 0 Å². The summed E-state index contributed by atoms with van der Waals surface area (Å²) in [4.78, 5) is 0. The summed E-state index contributed by atoms with van der Waals surface area (Å²) in [6.45, 7) is 8.68. The molecule has 1 aliphatic rings. The van der Waals surface area contributed by atoms with Crippen molar-refractivity contribution in [3.05, 3.63) is 29.3 Å². The second-order valence-corrected chi connectivity index (χ2v) is 6.92. The highest BCUT2D eigenvalue weighted by molar-refractivity contribution is 6.21. The number of rotatable bonds is 3. The average Bonchev–Trinajstić information content (AvgIpc) is 2.27. The zero-order valence-electron chi connectivity index (χ0n) is 12.4. The van der Waals surface area contributed by atoms with Gasteiger partial charge in [-0.25, -0.2) is 0 Å². The molecule has 3 atom stereocenters. The van der Waals surface area contributed by atoms with Crippen molar-refractivity contribution in [2.45, 2.75) is 57.1 Å². The Kier molecular flexibility index (Phi) is 4.12. The van der Waals surface area contributed by atoms with E-state index in [0.29, 0.717) is 0 Å². The largest absolute Gasteiger partial charge is 0.487 e. The van der Waals surface area contributed by atoms with Gasteiger partial charge < -0.3 is 9.47 Å². The topological polar surface area (TPSA) is 18.5 Å². The van der Waals surface area contributed by atoms with E-state index in [0.717, 1.165) is 12.2 Å². The van der Waals surface area contributed by atoms with E-state index in [1.54, 1.807) is 7.11 Å². The van der Waals surface area contributed by atoms with Crippen LogP contribution in [-0.2, 0) is 10.2 Å². The Morgan fingerprint density at radius 1 is 1.26 bits per heavy atom. The average molecular weight is 283 g/mol. The number of benzene rings is 1. The van der Waals surface area contributed by atoms with Gasteiger partial charge in [0.2, 0.25) is 0 Å². The fourth-order valence-corrected chi connectivity index (χ4v) is 2.89. The highest BCUT2D eigenvalue weighted by atomic mass is 35.5. The van der Waals surface area contributed by atoms with Gasteiger partial charge in [-0.15, -0.1) is 11.6 Å². The third-order valence-electron chi connectivity index (χ3n) is 3.68. The zero-order valence-corrected chi connectivity index (χ0v) is 13.1. The second-order valence-electron chi connectivity index (χ2n) is 6.36. The molecule has 0 bridgehead atoms. The Hall–Kier alpha value is -0.730. The number of hydrogen-bond acceptors (Lipinski definition) is 2. The molecule has 0 heterocycles. The number of alkyl halides is 1. The molecular weight excluding hydrogens is 260 g/mol. The van der Waals surface area contributed by atoms with Gasteiger partial charge >= 0.3 is 0 Å². The quantitative estimate of drug-likeness (QED) is 0.778. The van der Waals surface area contributed by atoms with E-state index in [2.05, 4.69) is 45.9 Å². The normalized spacial score (nSPS) is 26.9. The first kappa shape index (κ1) is 14.7. The van der Waals surface area contributed by atoms with E-state index in [-0.39, 0.29) is 23.0 Å². The standard InChI is InChI=1S/C16H23ClO2/c1-10-6-7-11(16(2,3)4)13(8-10)19-14-9-12(17)15(14)18-5/h6-8,12,14-15H,9H2,1-5H3. The summed E-state index contributed by atoms with van der Waals surface area (Å²) in [5, 5.41) is 0.0675. The Morgan fingerprint density at radius 3 is 2.47 bits per heavy atom. The van der Waals surface area contributed by atoms with Crippen LogP contribution in [0, 0.1) is 6.92 Å². The van der Waals surface area contributed by atoms with Crippen molar-refractivity contribution in [3.8, 4) is 5.75 Å². The molecule has 3 heteroatoms. The van der Waals surface area contributed by atoms with Gasteiger partial charge in [0.1, 0.15) is 18.0 Å². The number of ether oxygens (including phenoxy) is 2. The van der Waals surface area contributed by atoms with Gasteiger partial charge in [0, 0.05) is 13.5 Å². The minimum atomic E-state index is -0.00463. The zero-order chi connectivity index (χ0) is 14.2. The maximum atomic E-state index is 6.15. The SMILES string of the molecule is COC1C(Cl)CC1Oc1cc(C)ccc1C(C)(C)C. The van der Waals surface area contributed by atoms with Crippen LogP contribution in [0.5, 0.6) is 5.75 Å². The molecule has 1 aromatic rings. The van der Waals surface area contributed by atoms with E-state index in [1.165, 1.54) is 11.1 Å². The molecule has 0 spiro atoms. The maximum Gasteiger partial charge on any atom is 0.128 e. The van der Waals surface area contributed by atoms with Crippen LogP contribution in [0.3, 0.4) is 0 Å². The molecule has 0 amide bonds. The summed E-state index contributed by atoms with van der Waals surface area (Å²) >= 11 is 6.13. The minimum absolute atomic E-state index is 0.00463. The molecule has 3 unspecified atom stereocenters. The van der Waals surface area contributed by atoms with E-state index in [9.17, 15) is 0 Å². The summed E-state index contributed by atoms with van der Waals surface area (Å²) < 4.78 is 11.5. The number of hydrogen-bond donors (Lipinski definition) is 0. The first-order valence-electron chi connectivity index (χ1n) is 6.77. The third kappa shape index (κ3) is 3.06. The van der Waals surface area contributed by atoms with Gasteiger partial charge in [0.05, 0.1) is 5.38 Å². The number of methoxy groups -OCH3 is 1. The first-order valence-corrected chi connectivity index (χ1v) is 7.21. The van der Waals surface area contributed by atoms with Crippen LogP contribution in [0.2, 0.25) is 0 Å². The predicted octanol–water partition coefficient (Wildman–Crippen LogP) is 4.07. The van der Waals surface area contributed by atoms with Crippen LogP contribution in [0.4, 0.5) is 0 Å². The Balaban J connectivity index is 2.22. The van der Waals surface area contributed by atoms with Crippen molar-refractivity contribution >= 4 is 11.6 Å². The molecule has 1 saturated carbocycles. The molecule has 19 heavy (non-hydrogen) atoms. The van der Waals surface area contributed by atoms with E-state index < -0.39 is 0 Å². The van der Waals surface area contributed by atoms with Gasteiger partial charge in [0.15, 0.2) is 0 Å². The fraction of sp³-hybridized carbons (Fsp3) is 0.625. The summed E-state index contributed by atoms with van der Waals surface area (Å²) in [6.07, 6.45) is 0.905. The lowest BCUT2D eigenvalue weighted by Crippen LogP contribution is -2.52. The van der Waals surface area contributed by atoms with E-state index in [1.807, 2.05) is 0 Å². The van der Waals surface area contributed by atoms with Gasteiger partial charge in [-0.3, -0.25) is 0 Å². The van der Waals surface area contributed by atoms with Crippen LogP contribution in [0.15, 0.2) is 18.2 Å². The van der Waals surface area contributed by atoms with Crippen LogP contribution < -0.4 is 4.74 Å². The molecule has 0 aliphatic heterocycles. The van der Waals surface area contributed by atoms with E-state index >= 15 is 0 Å². The molecule has 2 nitrogen and oxygen atoms in total. The molecule has 1 aliphatic carbocycles. The summed E-state index contributed by atoms with van der Waals surface area (Å²) in [5.74, 6) is 0.961. The molecular formula is C16H23ClO2. The van der Waals surface area contributed by atoms with Crippen molar-refractivity contribution < 1.29 is 9.47 Å². The minimum Gasteiger partial charge on any atom is -0.487 e. The fourth-order valence-electron chi connectivity index (χ4n) is 2.45. The summed E-state index contributed by atoms with van der Waals surface area (Å²) in [7, 11) is 1.69. The molecule has 1 fully saturated rings. The summed E-state index contributed by atoms with van der Waals surface area (Å²) in [5.41, 5.74) is 2.50. The smallest absolute Gasteiger partial charge is 0.128 e. The first-order chi connectivity index (χ1) is 8.82. The lowest BCUT2D eigenvalue weighted by molar-refractivity contribution is -0.0589. The van der Waals surface area contributed by atoms with Gasteiger partial charge in [-0.05, 0) is 29.5 Å². The second kappa shape index (κ2) is 5.34. The Bertz CT molecular complexity index is 451. The number of halogens is 1. The van der Waals surface area contributed by atoms with Crippen molar-refractivity contribution in [3.63, 3.8) is 0 Å². The van der Waals surface area contributed by atoms with Gasteiger partial charge in [0.25, 0.3) is 0 Å². The molecule has 0 N–H and O–H groups in total. The Morgan fingerprint density at radius 2 is 1.95 bits per heavy atom. The lowest BCUT2D eigenvalue weighted by atomic mass is 9.85. The van der Waals surface area contributed by atoms with Crippen molar-refractivity contribution in [1.82, 2.24) is 0 Å². The van der Waals surface area contributed by atoms with Gasteiger partial charge in [-0.1, -0.05) is 32.9 Å². The highest BCUT2D eigenvalue weighted by Crippen LogP contribution is 2.37. The lowest BCUT2D eigenvalue weighted by Gasteiger charge is -2.40. The van der Waals surface area contributed by atoms with Crippen molar-refractivity contribution in [2.75, 3.05) is 7.11 Å². The molecule has 2 rings (SSSR count). The third-order valence-corrected chi connectivity index (χ3v) is 4.10. The maximum absolute atomic E-state index is 6.15. The number of aryl methyl sites for hydroxylation is 1. The van der Waals surface area contributed by atoms with Crippen molar-refractivity contribution in [1.29, 1.82) is 0 Å². The van der Waals surface area contributed by atoms with Crippen LogP contribution >= 0.6 is 11.6 Å². The molecule has 0 radical (unpaired) electrons. The highest BCUT2D eigenvalue weighted by Gasteiger charge is 2.42. The van der Waals surface area contributed by atoms with Crippen LogP contribution in [0.1, 0.15) is 38.3 Å². The molecule has 106 valence electrons. The predicted molar refractivity (Wildman–Crippen MR) is 79.4 cm³/mol. The van der Waals surface area contributed by atoms with E-state index in [4.69, 9.17) is 21.1 Å². The summed E-state index contributed by atoms with van der Waals surface area (Å²) in [6, 6.07) is 6.39.